The van der Waals surface area contributed by atoms with Crippen LogP contribution in [-0.2, 0) is 0 Å². The standard InChI is InChI=1S/C8H14.2H2O/c1-3-5-7-8-6-4-2;;/h3-4,6H,1,5,7-8H2,2H3;2*1H2/b6-4+;;. The Morgan fingerprint density at radius 3 is 2.20 bits per heavy atom. The Morgan fingerprint density at radius 1 is 1.20 bits per heavy atom. The van der Waals surface area contributed by atoms with Crippen LogP contribution < -0.4 is 0 Å². The van der Waals surface area contributed by atoms with Gasteiger partial charge in [0, 0.05) is 0 Å². The molecular formula is C8H18O2. The molecule has 0 saturated carbocycles. The van der Waals surface area contributed by atoms with Crippen molar-refractivity contribution in [1.29, 1.82) is 0 Å². The number of rotatable bonds is 4. The van der Waals surface area contributed by atoms with Crippen molar-refractivity contribution in [2.45, 2.75) is 26.2 Å². The van der Waals surface area contributed by atoms with E-state index in [1.54, 1.807) is 0 Å². The van der Waals surface area contributed by atoms with Crippen molar-refractivity contribution in [1.82, 2.24) is 0 Å². The van der Waals surface area contributed by atoms with Crippen LogP contribution >= 0.6 is 0 Å². The van der Waals surface area contributed by atoms with Gasteiger partial charge in [-0.25, -0.2) is 0 Å². The molecule has 0 unspecified atom stereocenters. The molecule has 0 bridgehead atoms. The van der Waals surface area contributed by atoms with Gasteiger partial charge < -0.3 is 11.0 Å². The van der Waals surface area contributed by atoms with Gasteiger partial charge >= 0.3 is 0 Å². The van der Waals surface area contributed by atoms with Crippen molar-refractivity contribution in [2.75, 3.05) is 0 Å². The van der Waals surface area contributed by atoms with Crippen molar-refractivity contribution in [3.63, 3.8) is 0 Å². The summed E-state index contributed by atoms with van der Waals surface area (Å²) in [7, 11) is 0. The fraction of sp³-hybridized carbons (Fsp3) is 0.500. The molecule has 0 atom stereocenters. The van der Waals surface area contributed by atoms with Crippen LogP contribution in [0.4, 0.5) is 0 Å². The second kappa shape index (κ2) is 15.8. The van der Waals surface area contributed by atoms with Gasteiger partial charge in [-0.1, -0.05) is 18.2 Å². The minimum absolute atomic E-state index is 0. The van der Waals surface area contributed by atoms with E-state index in [1.807, 2.05) is 13.0 Å². The fourth-order valence-corrected chi connectivity index (χ4v) is 0.547. The number of hydrogen-bond donors (Lipinski definition) is 0. The Balaban J connectivity index is -0.000000245. The molecule has 0 aliphatic heterocycles. The lowest BCUT2D eigenvalue weighted by Crippen LogP contribution is -1.65. The zero-order valence-corrected chi connectivity index (χ0v) is 6.56. The molecule has 0 radical (unpaired) electrons. The highest BCUT2D eigenvalue weighted by Crippen LogP contribution is 1.95. The average molecular weight is 146 g/mol. The van der Waals surface area contributed by atoms with E-state index in [9.17, 15) is 0 Å². The second-order valence-corrected chi connectivity index (χ2v) is 1.79. The normalized spacial score (nSPS) is 8.10. The molecule has 0 aliphatic rings. The van der Waals surface area contributed by atoms with E-state index in [-0.39, 0.29) is 11.0 Å². The molecule has 62 valence electrons. The van der Waals surface area contributed by atoms with E-state index in [4.69, 9.17) is 0 Å². The smallest absolute Gasteiger partial charge is 0.0348 e. The molecule has 0 rings (SSSR count). The van der Waals surface area contributed by atoms with Crippen LogP contribution in [0.5, 0.6) is 0 Å². The summed E-state index contributed by atoms with van der Waals surface area (Å²) in [5.41, 5.74) is 0. The van der Waals surface area contributed by atoms with E-state index >= 15 is 0 Å². The lowest BCUT2D eigenvalue weighted by atomic mass is 10.2. The molecular weight excluding hydrogens is 128 g/mol. The summed E-state index contributed by atoms with van der Waals surface area (Å²) >= 11 is 0. The van der Waals surface area contributed by atoms with E-state index < -0.39 is 0 Å². The van der Waals surface area contributed by atoms with E-state index in [1.165, 1.54) is 12.8 Å². The summed E-state index contributed by atoms with van der Waals surface area (Å²) in [6.45, 7) is 5.68. The quantitative estimate of drug-likeness (QED) is 0.423. The maximum absolute atomic E-state index is 3.63. The highest BCUT2D eigenvalue weighted by molar-refractivity contribution is 4.78. The predicted molar refractivity (Wildman–Crippen MR) is 46.1 cm³/mol. The molecule has 2 nitrogen and oxygen atoms in total. The lowest BCUT2D eigenvalue weighted by molar-refractivity contribution is 0.823. The lowest BCUT2D eigenvalue weighted by Gasteiger charge is -1.85. The Hall–Kier alpha value is -0.600. The molecule has 2 heteroatoms. The van der Waals surface area contributed by atoms with Gasteiger partial charge in [-0.2, -0.15) is 0 Å². The first-order valence-corrected chi connectivity index (χ1v) is 3.14. The zero-order valence-electron chi connectivity index (χ0n) is 6.56. The summed E-state index contributed by atoms with van der Waals surface area (Å²) in [5.74, 6) is 0. The molecule has 4 N–H and O–H groups in total. The molecule has 0 amide bonds. The first kappa shape index (κ1) is 16.2. The molecule has 0 heterocycles. The van der Waals surface area contributed by atoms with Gasteiger partial charge in [-0.15, -0.1) is 6.58 Å². The van der Waals surface area contributed by atoms with Crippen LogP contribution in [0.25, 0.3) is 0 Å². The number of unbranched alkanes of at least 4 members (excludes halogenated alkanes) is 2. The van der Waals surface area contributed by atoms with Crippen LogP contribution in [0, 0.1) is 0 Å². The van der Waals surface area contributed by atoms with Crippen LogP contribution in [-0.4, -0.2) is 11.0 Å². The van der Waals surface area contributed by atoms with Gasteiger partial charge in [-0.05, 0) is 26.2 Å². The van der Waals surface area contributed by atoms with Gasteiger partial charge in [0.25, 0.3) is 0 Å². The fourth-order valence-electron chi connectivity index (χ4n) is 0.547. The monoisotopic (exact) mass is 146 g/mol. The highest BCUT2D eigenvalue weighted by Gasteiger charge is 1.75. The van der Waals surface area contributed by atoms with Crippen molar-refractivity contribution in [3.8, 4) is 0 Å². The second-order valence-electron chi connectivity index (χ2n) is 1.79. The molecule has 0 aliphatic carbocycles. The first-order valence-electron chi connectivity index (χ1n) is 3.14. The largest absolute Gasteiger partial charge is 0.412 e. The van der Waals surface area contributed by atoms with E-state index in [0.717, 1.165) is 6.42 Å². The molecule has 0 aromatic rings. The van der Waals surface area contributed by atoms with Crippen LogP contribution in [0.2, 0.25) is 0 Å². The van der Waals surface area contributed by atoms with Crippen LogP contribution in [0.3, 0.4) is 0 Å². The predicted octanol–water partition coefficient (Wildman–Crippen LogP) is 1.27. The highest BCUT2D eigenvalue weighted by atomic mass is 16.0. The summed E-state index contributed by atoms with van der Waals surface area (Å²) < 4.78 is 0. The third kappa shape index (κ3) is 15.7. The minimum Gasteiger partial charge on any atom is -0.412 e. The third-order valence-electron chi connectivity index (χ3n) is 1.01. The van der Waals surface area contributed by atoms with Gasteiger partial charge in [0.1, 0.15) is 0 Å². The summed E-state index contributed by atoms with van der Waals surface area (Å²) in [6, 6.07) is 0. The van der Waals surface area contributed by atoms with Crippen molar-refractivity contribution < 1.29 is 11.0 Å². The van der Waals surface area contributed by atoms with Gasteiger partial charge in [0.2, 0.25) is 0 Å². The summed E-state index contributed by atoms with van der Waals surface area (Å²) in [6.07, 6.45) is 9.82. The minimum atomic E-state index is 0. The van der Waals surface area contributed by atoms with Crippen molar-refractivity contribution in [3.05, 3.63) is 24.8 Å². The molecule has 0 aromatic heterocycles. The van der Waals surface area contributed by atoms with Crippen molar-refractivity contribution >= 4 is 0 Å². The Kier molecular flexibility index (Phi) is 25.5. The van der Waals surface area contributed by atoms with Crippen LogP contribution in [0.1, 0.15) is 26.2 Å². The molecule has 10 heavy (non-hydrogen) atoms. The summed E-state index contributed by atoms with van der Waals surface area (Å²) in [4.78, 5) is 0. The number of allylic oxidation sites excluding steroid dienone is 3. The SMILES string of the molecule is C=CCCC/C=C/C.O.O. The van der Waals surface area contributed by atoms with E-state index in [0.29, 0.717) is 0 Å². The van der Waals surface area contributed by atoms with Crippen LogP contribution in [0.15, 0.2) is 24.8 Å². The maximum Gasteiger partial charge on any atom is -0.0348 e. The van der Waals surface area contributed by atoms with Gasteiger partial charge in [0.05, 0.1) is 0 Å². The Labute approximate surface area is 62.9 Å². The molecule has 0 aromatic carbocycles. The van der Waals surface area contributed by atoms with E-state index in [2.05, 4.69) is 18.7 Å². The van der Waals surface area contributed by atoms with Crippen molar-refractivity contribution in [2.24, 2.45) is 0 Å². The molecule has 0 fully saturated rings. The third-order valence-corrected chi connectivity index (χ3v) is 1.01. The van der Waals surface area contributed by atoms with Gasteiger partial charge in [0.15, 0.2) is 0 Å². The number of hydrogen-bond acceptors (Lipinski definition) is 0. The van der Waals surface area contributed by atoms with Gasteiger partial charge in [-0.3, -0.25) is 0 Å². The zero-order chi connectivity index (χ0) is 6.24. The first-order chi connectivity index (χ1) is 3.91. The topological polar surface area (TPSA) is 63.0 Å². The molecule has 0 saturated heterocycles. The maximum atomic E-state index is 3.63. The Bertz CT molecular complexity index is 77.3. The Morgan fingerprint density at radius 2 is 1.80 bits per heavy atom. The summed E-state index contributed by atoms with van der Waals surface area (Å²) in [5, 5.41) is 0. The molecule has 0 spiro atoms. The average Bonchev–Trinajstić information content (AvgIpc) is 1.81.